The number of hydrogen-bond donors (Lipinski definition) is 1. The predicted molar refractivity (Wildman–Crippen MR) is 83.6 cm³/mol. The van der Waals surface area contributed by atoms with E-state index in [0.717, 1.165) is 25.0 Å². The molecule has 0 radical (unpaired) electrons. The number of carbonyl (C=O) groups is 1. The van der Waals surface area contributed by atoms with Crippen molar-refractivity contribution < 1.29 is 14.3 Å². The van der Waals surface area contributed by atoms with Crippen LogP contribution in [0.5, 0.6) is 0 Å². The number of carboxylic acid groups (broad SMARTS) is 1. The highest BCUT2D eigenvalue weighted by Crippen LogP contribution is 2.22. The molecule has 114 valence electrons. The monoisotopic (exact) mass is 289 g/mol. The molecule has 1 atom stereocenters. The molecule has 0 aliphatic rings. The number of aromatic carboxylic acids is 1. The van der Waals surface area contributed by atoms with Crippen molar-refractivity contribution in [2.45, 2.75) is 33.7 Å². The summed E-state index contributed by atoms with van der Waals surface area (Å²) < 4.78 is 5.28. The van der Waals surface area contributed by atoms with Gasteiger partial charge in [0.15, 0.2) is 0 Å². The Bertz CT molecular complexity index is 618. The van der Waals surface area contributed by atoms with Crippen LogP contribution in [0.25, 0.3) is 11.0 Å². The lowest BCUT2D eigenvalue weighted by Crippen LogP contribution is -2.27. The third-order valence-electron chi connectivity index (χ3n) is 3.91. The van der Waals surface area contributed by atoms with Crippen LogP contribution in [-0.2, 0) is 6.54 Å². The Morgan fingerprint density at radius 1 is 1.33 bits per heavy atom. The van der Waals surface area contributed by atoms with E-state index in [4.69, 9.17) is 9.52 Å². The third kappa shape index (κ3) is 3.85. The van der Waals surface area contributed by atoms with E-state index in [1.807, 2.05) is 18.2 Å². The first kappa shape index (κ1) is 15.6. The molecule has 4 nitrogen and oxygen atoms in total. The average Bonchev–Trinajstić information content (AvgIpc) is 2.89. The molecule has 0 aliphatic carbocycles. The van der Waals surface area contributed by atoms with Crippen molar-refractivity contribution in [2.24, 2.45) is 5.92 Å². The summed E-state index contributed by atoms with van der Waals surface area (Å²) in [4.78, 5) is 13.3. The summed E-state index contributed by atoms with van der Waals surface area (Å²) in [6.45, 7) is 9.61. The first-order chi connectivity index (χ1) is 10.0. The van der Waals surface area contributed by atoms with Gasteiger partial charge in [0.1, 0.15) is 5.58 Å². The number of furan rings is 1. The van der Waals surface area contributed by atoms with Crippen molar-refractivity contribution >= 4 is 16.9 Å². The SMILES string of the molecule is CCC(C)CN(CC)Cc1ccc2oc(C(=O)O)cc2c1. The molecule has 2 rings (SSSR count). The van der Waals surface area contributed by atoms with E-state index in [1.54, 1.807) is 6.07 Å². The molecular formula is C17H23NO3. The standard InChI is InChI=1S/C17H23NO3/c1-4-12(3)10-18(5-2)11-13-6-7-15-14(8-13)9-16(21-15)17(19)20/h6-9,12H,4-5,10-11H2,1-3H3,(H,19,20). The molecule has 0 bridgehead atoms. The van der Waals surface area contributed by atoms with Crippen molar-refractivity contribution in [3.63, 3.8) is 0 Å². The van der Waals surface area contributed by atoms with Crippen LogP contribution in [0.15, 0.2) is 28.7 Å². The molecule has 0 spiro atoms. The van der Waals surface area contributed by atoms with Gasteiger partial charge in [-0.3, -0.25) is 4.90 Å². The maximum atomic E-state index is 10.9. The molecule has 1 N–H and O–H groups in total. The summed E-state index contributed by atoms with van der Waals surface area (Å²) in [6, 6.07) is 7.47. The second kappa shape index (κ2) is 6.76. The van der Waals surface area contributed by atoms with Crippen LogP contribution in [0.3, 0.4) is 0 Å². The van der Waals surface area contributed by atoms with E-state index in [2.05, 4.69) is 25.7 Å². The van der Waals surface area contributed by atoms with E-state index >= 15 is 0 Å². The zero-order chi connectivity index (χ0) is 15.4. The first-order valence-electron chi connectivity index (χ1n) is 7.51. The van der Waals surface area contributed by atoms with Crippen LogP contribution in [0.2, 0.25) is 0 Å². The Hall–Kier alpha value is -1.81. The normalized spacial score (nSPS) is 13.0. The topological polar surface area (TPSA) is 53.7 Å². The quantitative estimate of drug-likeness (QED) is 0.837. The number of fused-ring (bicyclic) bond motifs is 1. The second-order valence-electron chi connectivity index (χ2n) is 5.63. The van der Waals surface area contributed by atoms with Gasteiger partial charge >= 0.3 is 5.97 Å². The summed E-state index contributed by atoms with van der Waals surface area (Å²) >= 11 is 0. The largest absolute Gasteiger partial charge is 0.475 e. The number of benzene rings is 1. The smallest absolute Gasteiger partial charge is 0.371 e. The van der Waals surface area contributed by atoms with Crippen molar-refractivity contribution in [1.29, 1.82) is 0 Å². The van der Waals surface area contributed by atoms with E-state index in [9.17, 15) is 4.79 Å². The van der Waals surface area contributed by atoms with Gasteiger partial charge in [-0.25, -0.2) is 4.79 Å². The zero-order valence-electron chi connectivity index (χ0n) is 12.9. The van der Waals surface area contributed by atoms with Crippen molar-refractivity contribution in [2.75, 3.05) is 13.1 Å². The molecule has 21 heavy (non-hydrogen) atoms. The third-order valence-corrected chi connectivity index (χ3v) is 3.91. The molecule has 0 saturated carbocycles. The molecule has 0 aliphatic heterocycles. The minimum Gasteiger partial charge on any atom is -0.475 e. The van der Waals surface area contributed by atoms with Crippen LogP contribution in [0.4, 0.5) is 0 Å². The summed E-state index contributed by atoms with van der Waals surface area (Å²) in [5.41, 5.74) is 1.81. The van der Waals surface area contributed by atoms with Gasteiger partial charge in [0, 0.05) is 18.5 Å². The van der Waals surface area contributed by atoms with Crippen LogP contribution in [0.1, 0.15) is 43.3 Å². The zero-order valence-corrected chi connectivity index (χ0v) is 12.9. The fraction of sp³-hybridized carbons (Fsp3) is 0.471. The fourth-order valence-corrected chi connectivity index (χ4v) is 2.43. The molecule has 2 aromatic rings. The fourth-order valence-electron chi connectivity index (χ4n) is 2.43. The van der Waals surface area contributed by atoms with Gasteiger partial charge < -0.3 is 9.52 Å². The molecule has 1 aromatic heterocycles. The first-order valence-corrected chi connectivity index (χ1v) is 7.51. The Balaban J connectivity index is 2.16. The Morgan fingerprint density at radius 3 is 2.71 bits per heavy atom. The van der Waals surface area contributed by atoms with E-state index < -0.39 is 5.97 Å². The number of nitrogens with zero attached hydrogens (tertiary/aromatic N) is 1. The highest BCUT2D eigenvalue weighted by molar-refractivity contribution is 5.91. The maximum absolute atomic E-state index is 10.9. The molecule has 1 aromatic carbocycles. The summed E-state index contributed by atoms with van der Waals surface area (Å²) in [5, 5.41) is 9.81. The lowest BCUT2D eigenvalue weighted by molar-refractivity contribution is 0.0665. The molecule has 0 amide bonds. The highest BCUT2D eigenvalue weighted by Gasteiger charge is 2.12. The minimum absolute atomic E-state index is 0.00546. The molecule has 0 fully saturated rings. The van der Waals surface area contributed by atoms with Crippen molar-refractivity contribution in [3.05, 3.63) is 35.6 Å². The Labute approximate surface area is 125 Å². The second-order valence-corrected chi connectivity index (χ2v) is 5.63. The van der Waals surface area contributed by atoms with Crippen LogP contribution < -0.4 is 0 Å². The van der Waals surface area contributed by atoms with Gasteiger partial charge in [0.25, 0.3) is 0 Å². The number of hydrogen-bond acceptors (Lipinski definition) is 3. The summed E-state index contributed by atoms with van der Waals surface area (Å²) in [5.74, 6) is -0.352. The Morgan fingerprint density at radius 2 is 2.10 bits per heavy atom. The van der Waals surface area contributed by atoms with Gasteiger partial charge in [-0.1, -0.05) is 33.3 Å². The Kier molecular flexibility index (Phi) is 5.02. The van der Waals surface area contributed by atoms with Crippen LogP contribution >= 0.6 is 0 Å². The van der Waals surface area contributed by atoms with Gasteiger partial charge in [-0.2, -0.15) is 0 Å². The van der Waals surface area contributed by atoms with Gasteiger partial charge in [0.2, 0.25) is 5.76 Å². The number of carboxylic acids is 1. The van der Waals surface area contributed by atoms with Gasteiger partial charge in [0.05, 0.1) is 0 Å². The van der Waals surface area contributed by atoms with Gasteiger partial charge in [-0.15, -0.1) is 0 Å². The van der Waals surface area contributed by atoms with Crippen LogP contribution in [0, 0.1) is 5.92 Å². The minimum atomic E-state index is -1.03. The lowest BCUT2D eigenvalue weighted by Gasteiger charge is -2.23. The van der Waals surface area contributed by atoms with Crippen molar-refractivity contribution in [3.8, 4) is 0 Å². The molecule has 4 heteroatoms. The van der Waals surface area contributed by atoms with Gasteiger partial charge in [-0.05, 0) is 36.2 Å². The van der Waals surface area contributed by atoms with E-state index in [1.165, 1.54) is 12.0 Å². The molecule has 0 saturated heterocycles. The average molecular weight is 289 g/mol. The lowest BCUT2D eigenvalue weighted by atomic mass is 10.1. The molecule has 1 unspecified atom stereocenters. The van der Waals surface area contributed by atoms with Crippen molar-refractivity contribution in [1.82, 2.24) is 4.90 Å². The highest BCUT2D eigenvalue weighted by atomic mass is 16.4. The van der Waals surface area contributed by atoms with E-state index in [-0.39, 0.29) is 5.76 Å². The molecular weight excluding hydrogens is 266 g/mol. The molecule has 1 heterocycles. The van der Waals surface area contributed by atoms with E-state index in [0.29, 0.717) is 11.5 Å². The number of rotatable bonds is 7. The van der Waals surface area contributed by atoms with Crippen LogP contribution in [-0.4, -0.2) is 29.1 Å². The summed E-state index contributed by atoms with van der Waals surface area (Å²) in [6.07, 6.45) is 1.18. The maximum Gasteiger partial charge on any atom is 0.371 e. The predicted octanol–water partition coefficient (Wildman–Crippen LogP) is 4.00. The summed E-state index contributed by atoms with van der Waals surface area (Å²) in [7, 11) is 0.